The lowest BCUT2D eigenvalue weighted by atomic mass is 10.3. The molecule has 1 aliphatic rings. The number of hydrogen-bond donors (Lipinski definition) is 0. The van der Waals surface area contributed by atoms with Crippen molar-refractivity contribution in [3.05, 3.63) is 22.4 Å². The Morgan fingerprint density at radius 2 is 2.18 bits per heavy atom. The van der Waals surface area contributed by atoms with Gasteiger partial charge in [-0.2, -0.15) is 0 Å². The van der Waals surface area contributed by atoms with Crippen molar-refractivity contribution in [3.63, 3.8) is 0 Å². The normalized spacial score (nSPS) is 20.9. The number of carbonyl (C=O) groups excluding carboxylic acids is 1. The highest BCUT2D eigenvalue weighted by Crippen LogP contribution is 2.11. The Morgan fingerprint density at radius 3 is 2.88 bits per heavy atom. The van der Waals surface area contributed by atoms with Gasteiger partial charge in [-0.3, -0.25) is 9.69 Å². The molecule has 0 radical (unpaired) electrons. The molecule has 1 aromatic heterocycles. The molecule has 2 rings (SSSR count). The van der Waals surface area contributed by atoms with Crippen LogP contribution >= 0.6 is 11.3 Å². The second-order valence-corrected chi connectivity index (χ2v) is 7.43. The summed E-state index contributed by atoms with van der Waals surface area (Å²) in [6.07, 6.45) is 0.625. The van der Waals surface area contributed by atoms with Crippen molar-refractivity contribution < 1.29 is 13.2 Å². The van der Waals surface area contributed by atoms with E-state index in [1.54, 1.807) is 0 Å². The van der Waals surface area contributed by atoms with Gasteiger partial charge in [-0.15, -0.1) is 11.3 Å². The van der Waals surface area contributed by atoms with Crippen molar-refractivity contribution in [2.45, 2.75) is 6.42 Å². The van der Waals surface area contributed by atoms with Crippen LogP contribution in [0.1, 0.15) is 16.1 Å². The van der Waals surface area contributed by atoms with Crippen LogP contribution in [0.25, 0.3) is 0 Å². The zero-order chi connectivity index (χ0) is 12.3. The number of carbonyl (C=O) groups is 1. The topological polar surface area (TPSA) is 54.5 Å². The number of ketones is 1. The highest BCUT2D eigenvalue weighted by atomic mass is 32.2. The third-order valence-electron chi connectivity index (χ3n) is 2.81. The van der Waals surface area contributed by atoms with Crippen LogP contribution in [0.4, 0.5) is 0 Å². The predicted octanol–water partition coefficient (Wildman–Crippen LogP) is 1.05. The number of hydrogen-bond acceptors (Lipinski definition) is 5. The van der Waals surface area contributed by atoms with Gasteiger partial charge in [0.05, 0.1) is 22.9 Å². The van der Waals surface area contributed by atoms with Gasteiger partial charge < -0.3 is 0 Å². The molecule has 4 nitrogen and oxygen atoms in total. The van der Waals surface area contributed by atoms with Gasteiger partial charge >= 0.3 is 0 Å². The van der Waals surface area contributed by atoms with Gasteiger partial charge in [0, 0.05) is 6.54 Å². The van der Waals surface area contributed by atoms with Gasteiger partial charge in [0.2, 0.25) is 0 Å². The fraction of sp³-hybridized carbons (Fsp3) is 0.545. The molecule has 0 amide bonds. The predicted molar refractivity (Wildman–Crippen MR) is 68.4 cm³/mol. The first-order valence-corrected chi connectivity index (χ1v) is 8.26. The summed E-state index contributed by atoms with van der Waals surface area (Å²) in [5.41, 5.74) is 0. The lowest BCUT2D eigenvalue weighted by molar-refractivity contribution is 0.0939. The van der Waals surface area contributed by atoms with Crippen molar-refractivity contribution in [2.24, 2.45) is 0 Å². The monoisotopic (exact) mass is 273 g/mol. The van der Waals surface area contributed by atoms with Crippen LogP contribution in [0.15, 0.2) is 17.5 Å². The molecule has 6 heteroatoms. The largest absolute Gasteiger partial charge is 0.295 e. The van der Waals surface area contributed by atoms with Gasteiger partial charge in [0.25, 0.3) is 0 Å². The molecule has 0 atom stereocenters. The van der Waals surface area contributed by atoms with Crippen LogP contribution in [0.2, 0.25) is 0 Å². The highest BCUT2D eigenvalue weighted by molar-refractivity contribution is 7.91. The van der Waals surface area contributed by atoms with Gasteiger partial charge in [-0.05, 0) is 24.4 Å². The molecule has 17 heavy (non-hydrogen) atoms. The van der Waals surface area contributed by atoms with Crippen LogP contribution < -0.4 is 0 Å². The Labute approximate surface area is 105 Å². The number of nitrogens with zero attached hydrogens (tertiary/aromatic N) is 1. The number of rotatable bonds is 3. The summed E-state index contributed by atoms with van der Waals surface area (Å²) in [4.78, 5) is 14.6. The fourth-order valence-corrected chi connectivity index (χ4v) is 3.83. The minimum Gasteiger partial charge on any atom is -0.295 e. The molecule has 0 aliphatic carbocycles. The minimum absolute atomic E-state index is 0.0827. The molecule has 2 heterocycles. The molecule has 0 aromatic carbocycles. The molecule has 0 bridgehead atoms. The maximum atomic E-state index is 11.9. The molecular formula is C11H15NO3S2. The zero-order valence-corrected chi connectivity index (χ0v) is 11.1. The Hall–Kier alpha value is -0.720. The SMILES string of the molecule is O=C(CN1CCCS(=O)(=O)CC1)c1cccs1. The maximum absolute atomic E-state index is 11.9. The fourth-order valence-electron chi connectivity index (χ4n) is 1.87. The molecule has 1 aromatic rings. The molecule has 0 unspecified atom stereocenters. The lowest BCUT2D eigenvalue weighted by Crippen LogP contribution is -2.32. The molecule has 1 fully saturated rings. The quantitative estimate of drug-likeness (QED) is 0.773. The van der Waals surface area contributed by atoms with E-state index in [1.807, 2.05) is 22.4 Å². The minimum atomic E-state index is -2.89. The van der Waals surface area contributed by atoms with Crippen LogP contribution in [0.5, 0.6) is 0 Å². The summed E-state index contributed by atoms with van der Waals surface area (Å²) in [5.74, 6) is 0.501. The zero-order valence-electron chi connectivity index (χ0n) is 9.46. The van der Waals surface area contributed by atoms with E-state index >= 15 is 0 Å². The van der Waals surface area contributed by atoms with E-state index < -0.39 is 9.84 Å². The van der Waals surface area contributed by atoms with E-state index in [4.69, 9.17) is 0 Å². The molecule has 0 spiro atoms. The van der Waals surface area contributed by atoms with E-state index in [1.165, 1.54) is 11.3 Å². The second-order valence-electron chi connectivity index (χ2n) is 4.18. The van der Waals surface area contributed by atoms with Gasteiger partial charge in [0.1, 0.15) is 0 Å². The first-order chi connectivity index (χ1) is 8.07. The van der Waals surface area contributed by atoms with Crippen molar-refractivity contribution in [1.29, 1.82) is 0 Å². The summed E-state index contributed by atoms with van der Waals surface area (Å²) in [6.45, 7) is 1.49. The van der Waals surface area contributed by atoms with Gasteiger partial charge in [0.15, 0.2) is 15.6 Å². The van der Waals surface area contributed by atoms with Crippen molar-refractivity contribution in [3.8, 4) is 0 Å². The van der Waals surface area contributed by atoms with Crippen LogP contribution in [0.3, 0.4) is 0 Å². The van der Waals surface area contributed by atoms with E-state index in [9.17, 15) is 13.2 Å². The molecule has 1 saturated heterocycles. The number of sulfone groups is 1. The van der Waals surface area contributed by atoms with E-state index in [-0.39, 0.29) is 17.3 Å². The summed E-state index contributed by atoms with van der Waals surface area (Å²) >= 11 is 1.43. The van der Waals surface area contributed by atoms with Crippen LogP contribution in [-0.2, 0) is 9.84 Å². The molecule has 94 valence electrons. The summed E-state index contributed by atoms with van der Waals surface area (Å²) in [6, 6.07) is 3.66. The Balaban J connectivity index is 1.94. The number of thiophene rings is 1. The smallest absolute Gasteiger partial charge is 0.186 e. The summed E-state index contributed by atoms with van der Waals surface area (Å²) < 4.78 is 22.8. The third kappa shape index (κ3) is 3.62. The highest BCUT2D eigenvalue weighted by Gasteiger charge is 2.21. The van der Waals surface area contributed by atoms with Crippen LogP contribution in [-0.4, -0.2) is 50.2 Å². The Bertz CT molecular complexity index is 479. The van der Waals surface area contributed by atoms with Crippen molar-refractivity contribution >= 4 is 27.0 Å². The number of Topliss-reactive ketones (excluding diaryl/α,β-unsaturated/α-hetero) is 1. The Morgan fingerprint density at radius 1 is 1.35 bits per heavy atom. The molecule has 1 aliphatic heterocycles. The lowest BCUT2D eigenvalue weighted by Gasteiger charge is -2.17. The van der Waals surface area contributed by atoms with E-state index in [0.717, 1.165) is 4.88 Å². The average molecular weight is 273 g/mol. The average Bonchev–Trinajstić information content (AvgIpc) is 2.73. The first kappa shape index (κ1) is 12.7. The van der Waals surface area contributed by atoms with Crippen molar-refractivity contribution in [1.82, 2.24) is 4.90 Å². The van der Waals surface area contributed by atoms with E-state index in [2.05, 4.69) is 0 Å². The molecular weight excluding hydrogens is 258 g/mol. The van der Waals surface area contributed by atoms with Crippen molar-refractivity contribution in [2.75, 3.05) is 31.1 Å². The van der Waals surface area contributed by atoms with Gasteiger partial charge in [-0.1, -0.05) is 6.07 Å². The van der Waals surface area contributed by atoms with Gasteiger partial charge in [-0.25, -0.2) is 8.42 Å². The third-order valence-corrected chi connectivity index (χ3v) is 5.44. The maximum Gasteiger partial charge on any atom is 0.186 e. The second kappa shape index (κ2) is 5.29. The molecule has 0 N–H and O–H groups in total. The summed E-state index contributed by atoms with van der Waals surface area (Å²) in [7, 11) is -2.89. The van der Waals surface area contributed by atoms with Crippen LogP contribution in [0, 0.1) is 0 Å². The van der Waals surface area contributed by atoms with E-state index in [0.29, 0.717) is 26.1 Å². The molecule has 0 saturated carbocycles. The standard InChI is InChI=1S/C11H15NO3S2/c13-10(11-3-1-6-16-11)9-12-4-2-7-17(14,15)8-5-12/h1,3,6H,2,4-5,7-9H2. The Kier molecular flexibility index (Phi) is 3.96. The summed E-state index contributed by atoms with van der Waals surface area (Å²) in [5, 5.41) is 1.88. The first-order valence-electron chi connectivity index (χ1n) is 5.56.